The normalized spacial score (nSPS) is 28.1. The Morgan fingerprint density at radius 3 is 2.43 bits per heavy atom. The Labute approximate surface area is 40.1 Å². The fraction of sp³-hybridized carbons (Fsp3) is 0. The zero-order valence-corrected chi connectivity index (χ0v) is 3.50. The summed E-state index contributed by atoms with van der Waals surface area (Å²) < 4.78 is 0. The van der Waals surface area contributed by atoms with Crippen LogP contribution in [-0.2, 0) is 0 Å². The van der Waals surface area contributed by atoms with Gasteiger partial charge in [0.1, 0.15) is 0 Å². The molecule has 1 rings (SSSR count). The van der Waals surface area contributed by atoms with Crippen molar-refractivity contribution in [2.75, 3.05) is 0 Å². The standard InChI is InChI=1S/C3H4N2O2/c6-4-2-1-3-5(4)7/h1-4H. The minimum atomic E-state index is -0.500. The van der Waals surface area contributed by atoms with Crippen LogP contribution in [0.3, 0.4) is 0 Å². The van der Waals surface area contributed by atoms with E-state index in [-0.39, 0.29) is 4.85 Å². The van der Waals surface area contributed by atoms with Crippen LogP contribution < -0.4 is 5.17 Å². The topological polar surface area (TPSA) is 53.6 Å². The van der Waals surface area contributed by atoms with E-state index in [9.17, 15) is 10.4 Å². The summed E-state index contributed by atoms with van der Waals surface area (Å²) in [6.45, 7) is 0. The second-order valence-corrected chi connectivity index (χ2v) is 1.17. The van der Waals surface area contributed by atoms with Gasteiger partial charge in [-0.3, -0.25) is 0 Å². The van der Waals surface area contributed by atoms with Crippen LogP contribution in [0, 0.1) is 10.4 Å². The van der Waals surface area contributed by atoms with Crippen LogP contribution in [0.4, 0.5) is 0 Å². The molecule has 4 heteroatoms. The van der Waals surface area contributed by atoms with Crippen LogP contribution in [0.1, 0.15) is 0 Å². The van der Waals surface area contributed by atoms with E-state index >= 15 is 0 Å². The van der Waals surface area contributed by atoms with Crippen LogP contribution >= 0.6 is 0 Å². The quantitative estimate of drug-likeness (QED) is 0.294. The lowest BCUT2D eigenvalue weighted by atomic mass is 10.7. The van der Waals surface area contributed by atoms with Crippen LogP contribution in [0.15, 0.2) is 12.3 Å². The Kier molecular flexibility index (Phi) is 0.812. The monoisotopic (exact) mass is 100 g/mol. The molecule has 0 saturated heterocycles. The molecule has 7 heavy (non-hydrogen) atoms. The average Bonchev–Trinajstić information content (AvgIpc) is 1.91. The van der Waals surface area contributed by atoms with Crippen molar-refractivity contribution in [2.24, 2.45) is 0 Å². The third kappa shape index (κ3) is 0.603. The molecule has 1 aliphatic heterocycles. The molecule has 0 bridgehead atoms. The highest BCUT2D eigenvalue weighted by Gasteiger charge is 2.02. The minimum Gasteiger partial charge on any atom is -0.570 e. The molecule has 1 heterocycles. The van der Waals surface area contributed by atoms with E-state index in [0.717, 1.165) is 0 Å². The summed E-state index contributed by atoms with van der Waals surface area (Å²) in [5, 5.41) is 19.6. The maximum absolute atomic E-state index is 10.1. The first kappa shape index (κ1) is 4.29. The molecule has 0 aliphatic carbocycles. The summed E-state index contributed by atoms with van der Waals surface area (Å²) in [5.41, 5.74) is 0. The molecule has 1 aliphatic rings. The number of rotatable bonds is 0. The van der Waals surface area contributed by atoms with Crippen LogP contribution in [0.25, 0.3) is 0 Å². The van der Waals surface area contributed by atoms with Crippen molar-refractivity contribution in [3.8, 4) is 0 Å². The number of quaternary nitrogens is 1. The molecule has 38 valence electrons. The van der Waals surface area contributed by atoms with Gasteiger partial charge in [0.2, 0.25) is 6.21 Å². The maximum atomic E-state index is 10.1. The zero-order chi connectivity index (χ0) is 5.28. The lowest BCUT2D eigenvalue weighted by molar-refractivity contribution is -1.25. The minimum absolute atomic E-state index is 0.278. The SMILES string of the molecule is [O-][N+]1=CC=C[NH+]1[O-]. The van der Waals surface area contributed by atoms with Gasteiger partial charge in [0.15, 0.2) is 6.20 Å². The lowest BCUT2D eigenvalue weighted by Gasteiger charge is -2.07. The molecule has 0 spiro atoms. The van der Waals surface area contributed by atoms with Crippen molar-refractivity contribution >= 4 is 6.21 Å². The Bertz CT molecular complexity index is 129. The lowest BCUT2D eigenvalue weighted by Crippen LogP contribution is -3.05. The van der Waals surface area contributed by atoms with Crippen molar-refractivity contribution in [2.45, 2.75) is 0 Å². The summed E-state index contributed by atoms with van der Waals surface area (Å²) in [6, 6.07) is 0. The summed E-state index contributed by atoms with van der Waals surface area (Å²) >= 11 is 0. The average molecular weight is 100 g/mol. The molecule has 0 amide bonds. The van der Waals surface area contributed by atoms with E-state index in [1.807, 2.05) is 0 Å². The second-order valence-electron chi connectivity index (χ2n) is 1.17. The van der Waals surface area contributed by atoms with Crippen molar-refractivity contribution in [1.82, 2.24) is 0 Å². The van der Waals surface area contributed by atoms with Gasteiger partial charge in [0, 0.05) is 0 Å². The summed E-state index contributed by atoms with van der Waals surface area (Å²) in [5.74, 6) is 0. The number of hydroxylamine groups is 1. The van der Waals surface area contributed by atoms with Gasteiger partial charge in [0.05, 0.1) is 6.08 Å². The van der Waals surface area contributed by atoms with Gasteiger partial charge in [0.25, 0.3) is 0 Å². The van der Waals surface area contributed by atoms with E-state index in [0.29, 0.717) is 0 Å². The highest BCUT2D eigenvalue weighted by Crippen LogP contribution is 1.64. The van der Waals surface area contributed by atoms with E-state index in [2.05, 4.69) is 0 Å². The highest BCUT2D eigenvalue weighted by atomic mass is 16.7. The maximum Gasteiger partial charge on any atom is 0.245 e. The molecule has 1 atom stereocenters. The van der Waals surface area contributed by atoms with Gasteiger partial charge in [-0.05, 0) is 4.85 Å². The first-order chi connectivity index (χ1) is 3.30. The molecular formula is C3H4N2O2. The fourth-order valence-corrected chi connectivity index (χ4v) is 0.350. The molecule has 4 nitrogen and oxygen atoms in total. The summed E-state index contributed by atoms with van der Waals surface area (Å²) in [4.78, 5) is 0.278. The predicted octanol–water partition coefficient (Wildman–Crippen LogP) is -1.61. The molecule has 0 saturated carbocycles. The molecule has 1 unspecified atom stereocenters. The number of nitrogens with one attached hydrogen (secondary N) is 1. The van der Waals surface area contributed by atoms with Crippen LogP contribution in [-0.4, -0.2) is 11.1 Å². The first-order valence-corrected chi connectivity index (χ1v) is 1.82. The third-order valence-corrected chi connectivity index (χ3v) is 0.677. The Balaban J connectivity index is 2.69. The Morgan fingerprint density at radius 2 is 2.29 bits per heavy atom. The summed E-state index contributed by atoms with van der Waals surface area (Å²) in [7, 11) is 0. The van der Waals surface area contributed by atoms with Gasteiger partial charge in [-0.2, -0.15) is 0 Å². The van der Waals surface area contributed by atoms with E-state index in [1.54, 1.807) is 0 Å². The number of hydrogen-bond acceptors (Lipinski definition) is 2. The van der Waals surface area contributed by atoms with Crippen molar-refractivity contribution in [3.05, 3.63) is 22.7 Å². The molecule has 1 N–H and O–H groups in total. The molecule has 0 aromatic rings. The van der Waals surface area contributed by atoms with Gasteiger partial charge < -0.3 is 10.4 Å². The van der Waals surface area contributed by atoms with E-state index in [1.165, 1.54) is 18.5 Å². The smallest absolute Gasteiger partial charge is 0.245 e. The molecule has 0 aromatic heterocycles. The fourth-order valence-electron chi connectivity index (χ4n) is 0.350. The van der Waals surface area contributed by atoms with Gasteiger partial charge in [-0.15, -0.1) is 5.17 Å². The van der Waals surface area contributed by atoms with Gasteiger partial charge in [-0.1, -0.05) is 0 Å². The van der Waals surface area contributed by atoms with E-state index < -0.39 is 5.17 Å². The van der Waals surface area contributed by atoms with Gasteiger partial charge in [-0.25, -0.2) is 0 Å². The number of allylic oxidation sites excluding steroid dienone is 1. The van der Waals surface area contributed by atoms with Gasteiger partial charge >= 0.3 is 0 Å². The number of nitrogens with zero attached hydrogens (tertiary/aromatic N) is 1. The largest absolute Gasteiger partial charge is 0.570 e. The molecule has 0 fully saturated rings. The Hall–Kier alpha value is -0.870. The first-order valence-electron chi connectivity index (χ1n) is 1.82. The summed E-state index contributed by atoms with van der Waals surface area (Å²) in [6.07, 6.45) is 3.80. The van der Waals surface area contributed by atoms with Crippen LogP contribution in [0.2, 0.25) is 0 Å². The highest BCUT2D eigenvalue weighted by molar-refractivity contribution is 5.66. The van der Waals surface area contributed by atoms with Crippen molar-refractivity contribution < 1.29 is 10.0 Å². The zero-order valence-electron chi connectivity index (χ0n) is 3.50. The van der Waals surface area contributed by atoms with Crippen LogP contribution in [0.5, 0.6) is 0 Å². The predicted molar refractivity (Wildman–Crippen MR) is 23.2 cm³/mol. The Morgan fingerprint density at radius 1 is 1.57 bits per heavy atom. The molecule has 0 aromatic carbocycles. The number of hydrogen-bond donors (Lipinski definition) is 1. The molecule has 0 radical (unpaired) electrons. The molecular weight excluding hydrogens is 96.0 g/mol. The van der Waals surface area contributed by atoms with Crippen molar-refractivity contribution in [3.63, 3.8) is 0 Å². The van der Waals surface area contributed by atoms with E-state index in [4.69, 9.17) is 0 Å². The third-order valence-electron chi connectivity index (χ3n) is 0.677. The van der Waals surface area contributed by atoms with Crippen molar-refractivity contribution in [1.29, 1.82) is 0 Å². The second kappa shape index (κ2) is 1.32.